The van der Waals surface area contributed by atoms with Gasteiger partial charge in [-0.1, -0.05) is 11.1 Å². The molecule has 23 heavy (non-hydrogen) atoms. The van der Waals surface area contributed by atoms with Gasteiger partial charge in [0.05, 0.1) is 5.69 Å². The van der Waals surface area contributed by atoms with Gasteiger partial charge in [0.25, 0.3) is 0 Å². The van der Waals surface area contributed by atoms with Gasteiger partial charge in [0.15, 0.2) is 0 Å². The minimum Gasteiger partial charge on any atom is -0.565 e. The molecule has 0 saturated carbocycles. The second-order valence-electron chi connectivity index (χ2n) is 4.93. The Morgan fingerprint density at radius 1 is 1.26 bits per heavy atom. The van der Waals surface area contributed by atoms with Crippen molar-refractivity contribution >= 4 is 11.6 Å². The number of benzene rings is 2. The van der Waals surface area contributed by atoms with Crippen LogP contribution in [0.5, 0.6) is 5.75 Å². The average Bonchev–Trinajstić information content (AvgIpc) is 2.86. The van der Waals surface area contributed by atoms with Crippen LogP contribution in [0.1, 0.15) is 11.1 Å². The van der Waals surface area contributed by atoms with E-state index in [1.54, 1.807) is 6.07 Å². The van der Waals surface area contributed by atoms with E-state index in [1.165, 1.54) is 12.1 Å². The van der Waals surface area contributed by atoms with Gasteiger partial charge in [0.2, 0.25) is 5.89 Å². The van der Waals surface area contributed by atoms with E-state index in [0.717, 1.165) is 15.8 Å². The molecule has 0 unspecified atom stereocenters. The standard InChI is InChI=1S/C16H12ClN2O3.Y/c1-9-3-5-12(7-10(9)2)19-16(21)22-15(18-19)13-8-11(17)4-6-14(13)20;/h3,5-8,20H,1-2H3;/q-1;. The number of rotatable bonds is 2. The van der Waals surface area contributed by atoms with Gasteiger partial charge >= 0.3 is 5.76 Å². The first kappa shape index (κ1) is 17.9. The molecular weight excluding hydrogens is 393 g/mol. The van der Waals surface area contributed by atoms with Crippen LogP contribution in [-0.4, -0.2) is 14.9 Å². The summed E-state index contributed by atoms with van der Waals surface area (Å²) >= 11 is 5.85. The monoisotopic (exact) mass is 404 g/mol. The zero-order valence-electron chi connectivity index (χ0n) is 12.5. The molecule has 0 amide bonds. The molecule has 0 fully saturated rings. The van der Waals surface area contributed by atoms with Crippen molar-refractivity contribution in [1.29, 1.82) is 0 Å². The van der Waals surface area contributed by atoms with E-state index in [4.69, 9.17) is 16.0 Å². The topological polar surface area (TPSA) is 68.3 Å². The minimum atomic E-state index is -0.637. The number of aromatic nitrogens is 2. The minimum absolute atomic E-state index is 0. The third kappa shape index (κ3) is 3.57. The average molecular weight is 405 g/mol. The van der Waals surface area contributed by atoms with Crippen LogP contribution in [0.2, 0.25) is 5.02 Å². The molecule has 0 bridgehead atoms. The second kappa shape index (κ2) is 6.99. The van der Waals surface area contributed by atoms with Gasteiger partial charge in [-0.15, -0.1) is 28.8 Å². The van der Waals surface area contributed by atoms with E-state index in [1.807, 2.05) is 26.0 Å². The molecule has 1 aromatic heterocycles. The third-order valence-corrected chi connectivity index (χ3v) is 3.63. The van der Waals surface area contributed by atoms with E-state index in [-0.39, 0.29) is 54.9 Å². The van der Waals surface area contributed by atoms with Crippen molar-refractivity contribution in [3.63, 3.8) is 0 Å². The molecule has 0 atom stereocenters. The molecule has 7 heteroatoms. The number of halogens is 1. The molecule has 0 aliphatic rings. The van der Waals surface area contributed by atoms with Gasteiger partial charge in [0.1, 0.15) is 0 Å². The van der Waals surface area contributed by atoms with E-state index < -0.39 is 5.76 Å². The smallest absolute Gasteiger partial charge is 0.442 e. The number of hydrogen-bond donors (Lipinski definition) is 1. The van der Waals surface area contributed by atoms with Crippen LogP contribution in [0, 0.1) is 19.9 Å². The van der Waals surface area contributed by atoms with Crippen LogP contribution in [-0.2, 0) is 32.7 Å². The summed E-state index contributed by atoms with van der Waals surface area (Å²) < 4.78 is 6.27. The Bertz CT molecular complexity index is 918. The van der Waals surface area contributed by atoms with E-state index in [0.29, 0.717) is 5.69 Å². The number of hydrogen-bond acceptors (Lipinski definition) is 4. The van der Waals surface area contributed by atoms with Crippen molar-refractivity contribution in [3.8, 4) is 22.9 Å². The van der Waals surface area contributed by atoms with Crippen molar-refractivity contribution in [3.05, 3.63) is 63.1 Å². The van der Waals surface area contributed by atoms with Crippen LogP contribution in [0.3, 0.4) is 0 Å². The number of phenolic OH excluding ortho intramolecular Hbond substituents is 1. The van der Waals surface area contributed by atoms with E-state index in [2.05, 4.69) is 11.2 Å². The maximum absolute atomic E-state index is 12.0. The zero-order chi connectivity index (χ0) is 15.9. The Balaban J connectivity index is 0.00000192. The third-order valence-electron chi connectivity index (χ3n) is 3.41. The molecular formula is C16H12ClN2O3Y-. The van der Waals surface area contributed by atoms with Crippen LogP contribution in [0.15, 0.2) is 39.5 Å². The predicted molar refractivity (Wildman–Crippen MR) is 82.5 cm³/mol. The largest absolute Gasteiger partial charge is 0.565 e. The second-order valence-corrected chi connectivity index (χ2v) is 5.34. The number of phenols is 1. The van der Waals surface area contributed by atoms with Gasteiger partial charge in [-0.05, 0) is 42.7 Å². The summed E-state index contributed by atoms with van der Waals surface area (Å²) in [4.78, 5) is 12.0. The first-order valence-electron chi connectivity index (χ1n) is 6.54. The summed E-state index contributed by atoms with van der Waals surface area (Å²) in [6, 6.07) is 10.9. The number of aryl methyl sites for hydroxylation is 2. The molecule has 1 N–H and O–H groups in total. The van der Waals surface area contributed by atoms with Crippen molar-refractivity contribution in [2.75, 3.05) is 0 Å². The molecule has 2 aromatic carbocycles. The fourth-order valence-corrected chi connectivity index (χ4v) is 2.20. The Morgan fingerprint density at radius 3 is 2.70 bits per heavy atom. The maximum Gasteiger partial charge on any atom is 0.442 e. The fourth-order valence-electron chi connectivity index (χ4n) is 2.04. The normalized spacial score (nSPS) is 10.4. The van der Waals surface area contributed by atoms with Gasteiger partial charge < -0.3 is 9.52 Å². The molecule has 1 heterocycles. The van der Waals surface area contributed by atoms with Crippen molar-refractivity contribution in [2.24, 2.45) is 0 Å². The number of nitrogens with zero attached hydrogens (tertiary/aromatic N) is 2. The van der Waals surface area contributed by atoms with Crippen LogP contribution < -0.4 is 5.76 Å². The number of aromatic hydroxyl groups is 1. The Morgan fingerprint density at radius 2 is 2.00 bits per heavy atom. The Hall–Kier alpha value is -1.43. The zero-order valence-corrected chi connectivity index (χ0v) is 16.1. The molecule has 0 aliphatic heterocycles. The van der Waals surface area contributed by atoms with Crippen LogP contribution in [0.25, 0.3) is 17.1 Å². The summed E-state index contributed by atoms with van der Waals surface area (Å²) in [5.74, 6) is -0.754. The van der Waals surface area contributed by atoms with Gasteiger partial charge in [-0.3, -0.25) is 0 Å². The molecule has 5 nitrogen and oxygen atoms in total. The maximum atomic E-state index is 12.0. The van der Waals surface area contributed by atoms with Gasteiger partial charge in [-0.2, -0.15) is 10.7 Å². The van der Waals surface area contributed by atoms with E-state index >= 15 is 0 Å². The van der Waals surface area contributed by atoms with Crippen molar-refractivity contribution in [2.45, 2.75) is 13.8 Å². The molecule has 3 aromatic rings. The Labute approximate surface area is 162 Å². The molecule has 3 rings (SSSR count). The Kier molecular flexibility index (Phi) is 5.45. The summed E-state index contributed by atoms with van der Waals surface area (Å²) in [6.45, 7) is 3.93. The molecule has 1 radical (unpaired) electrons. The first-order valence-corrected chi connectivity index (χ1v) is 6.92. The molecule has 115 valence electrons. The van der Waals surface area contributed by atoms with Gasteiger partial charge in [0, 0.05) is 38.5 Å². The summed E-state index contributed by atoms with van der Waals surface area (Å²) in [5, 5.41) is 14.3. The summed E-state index contributed by atoms with van der Waals surface area (Å²) in [6.07, 6.45) is 0. The van der Waals surface area contributed by atoms with Crippen molar-refractivity contribution in [1.82, 2.24) is 9.78 Å². The SMILES string of the molecule is Cc1ccc(-n2nc(-c3cc(Cl)[c-]cc3O)oc2=O)cc1C.[Y]. The molecule has 0 aliphatic carbocycles. The quantitative estimate of drug-likeness (QED) is 0.666. The molecule has 0 saturated heterocycles. The predicted octanol–water partition coefficient (Wildman–Crippen LogP) is 3.27. The molecule has 0 spiro atoms. The van der Waals surface area contributed by atoms with Gasteiger partial charge in [-0.25, -0.2) is 4.79 Å². The summed E-state index contributed by atoms with van der Waals surface area (Å²) in [5.41, 5.74) is 2.98. The van der Waals surface area contributed by atoms with Crippen molar-refractivity contribution < 1.29 is 42.2 Å². The first-order chi connectivity index (χ1) is 10.5. The van der Waals surface area contributed by atoms with Crippen LogP contribution >= 0.6 is 11.6 Å². The summed E-state index contributed by atoms with van der Waals surface area (Å²) in [7, 11) is 0. The van der Waals surface area contributed by atoms with E-state index in [9.17, 15) is 9.90 Å². The fraction of sp³-hybridized carbons (Fsp3) is 0.125. The van der Waals surface area contributed by atoms with Crippen LogP contribution in [0.4, 0.5) is 0 Å².